The van der Waals surface area contributed by atoms with Crippen LogP contribution in [0.3, 0.4) is 0 Å². The first-order valence-corrected chi connectivity index (χ1v) is 8.29. The maximum Gasteiger partial charge on any atom is 0.263 e. The number of carbonyl (C=O) groups is 1. The second-order valence-electron chi connectivity index (χ2n) is 5.51. The maximum absolute atomic E-state index is 12.5. The highest BCUT2D eigenvalue weighted by Gasteiger charge is 2.25. The van der Waals surface area contributed by atoms with Crippen LogP contribution in [0.15, 0.2) is 18.2 Å². The van der Waals surface area contributed by atoms with E-state index in [1.54, 1.807) is 12.1 Å². The van der Waals surface area contributed by atoms with Gasteiger partial charge in [-0.05, 0) is 31.0 Å². The van der Waals surface area contributed by atoms with Crippen LogP contribution in [0, 0.1) is 0 Å². The van der Waals surface area contributed by atoms with Gasteiger partial charge in [0.15, 0.2) is 0 Å². The Kier molecular flexibility index (Phi) is 4.06. The van der Waals surface area contributed by atoms with E-state index in [0.717, 1.165) is 35.8 Å². The summed E-state index contributed by atoms with van der Waals surface area (Å²) >= 11 is 7.38. The van der Waals surface area contributed by atoms with Crippen molar-refractivity contribution in [3.63, 3.8) is 0 Å². The second kappa shape index (κ2) is 5.83. The van der Waals surface area contributed by atoms with Gasteiger partial charge < -0.3 is 16.8 Å². The Morgan fingerprint density at radius 3 is 2.86 bits per heavy atom. The number of hydrogen-bond acceptors (Lipinski definition) is 4. The molecular formula is C15H18ClN3OS. The molecule has 1 aromatic heterocycles. The fourth-order valence-corrected chi connectivity index (χ4v) is 4.01. The van der Waals surface area contributed by atoms with Crippen molar-refractivity contribution in [3.8, 4) is 0 Å². The third-order valence-electron chi connectivity index (χ3n) is 4.03. The zero-order valence-corrected chi connectivity index (χ0v) is 13.1. The van der Waals surface area contributed by atoms with Crippen molar-refractivity contribution in [3.05, 3.63) is 28.1 Å². The minimum absolute atomic E-state index is 0.0350. The van der Waals surface area contributed by atoms with Crippen LogP contribution in [0.2, 0.25) is 5.02 Å². The van der Waals surface area contributed by atoms with Crippen LogP contribution < -0.4 is 16.8 Å². The van der Waals surface area contributed by atoms with Crippen molar-refractivity contribution in [2.75, 3.05) is 5.73 Å². The Balaban J connectivity index is 1.86. The van der Waals surface area contributed by atoms with Crippen LogP contribution in [-0.2, 0) is 0 Å². The van der Waals surface area contributed by atoms with Gasteiger partial charge in [-0.25, -0.2) is 0 Å². The first kappa shape index (κ1) is 14.6. The number of nitrogens with one attached hydrogen (secondary N) is 1. The van der Waals surface area contributed by atoms with Crippen molar-refractivity contribution in [1.29, 1.82) is 0 Å². The van der Waals surface area contributed by atoms with E-state index < -0.39 is 0 Å². The molecule has 0 aliphatic heterocycles. The smallest absolute Gasteiger partial charge is 0.263 e. The number of rotatable bonds is 2. The lowest BCUT2D eigenvalue weighted by Crippen LogP contribution is -2.49. The fraction of sp³-hybridized carbons (Fsp3) is 0.400. The minimum atomic E-state index is -0.132. The van der Waals surface area contributed by atoms with Gasteiger partial charge in [0.2, 0.25) is 0 Å². The molecule has 21 heavy (non-hydrogen) atoms. The molecule has 1 saturated carbocycles. The molecule has 6 heteroatoms. The molecule has 1 aliphatic rings. The molecule has 2 atom stereocenters. The third-order valence-corrected chi connectivity index (χ3v) is 5.45. The molecule has 0 spiro atoms. The van der Waals surface area contributed by atoms with Gasteiger partial charge in [0.05, 0.1) is 5.69 Å². The predicted molar refractivity (Wildman–Crippen MR) is 88.9 cm³/mol. The molecular weight excluding hydrogens is 306 g/mol. The molecule has 2 aromatic rings. The number of amides is 1. The van der Waals surface area contributed by atoms with E-state index in [0.29, 0.717) is 15.6 Å². The molecule has 1 fully saturated rings. The number of anilines is 1. The number of hydrogen-bond donors (Lipinski definition) is 3. The summed E-state index contributed by atoms with van der Waals surface area (Å²) in [6.45, 7) is 0. The number of fused-ring (bicyclic) bond motifs is 1. The topological polar surface area (TPSA) is 81.1 Å². The summed E-state index contributed by atoms with van der Waals surface area (Å²) in [5.74, 6) is -0.132. The number of nitrogen functional groups attached to an aromatic ring is 1. The van der Waals surface area contributed by atoms with E-state index in [1.165, 1.54) is 11.3 Å². The van der Waals surface area contributed by atoms with Crippen molar-refractivity contribution in [1.82, 2.24) is 5.32 Å². The van der Waals surface area contributed by atoms with Gasteiger partial charge in [0.25, 0.3) is 5.91 Å². The molecule has 1 heterocycles. The Hall–Kier alpha value is -1.30. The summed E-state index contributed by atoms with van der Waals surface area (Å²) in [4.78, 5) is 13.0. The van der Waals surface area contributed by atoms with Crippen LogP contribution >= 0.6 is 22.9 Å². The maximum atomic E-state index is 12.5. The van der Waals surface area contributed by atoms with E-state index in [9.17, 15) is 4.79 Å². The van der Waals surface area contributed by atoms with Crippen LogP contribution in [0.25, 0.3) is 10.1 Å². The molecule has 1 aliphatic carbocycles. The van der Waals surface area contributed by atoms with Crippen molar-refractivity contribution in [2.45, 2.75) is 37.8 Å². The molecule has 5 N–H and O–H groups in total. The highest BCUT2D eigenvalue weighted by Crippen LogP contribution is 2.35. The van der Waals surface area contributed by atoms with Crippen LogP contribution in [0.1, 0.15) is 35.4 Å². The third kappa shape index (κ3) is 2.86. The van der Waals surface area contributed by atoms with Gasteiger partial charge in [0, 0.05) is 27.2 Å². The van der Waals surface area contributed by atoms with Crippen LogP contribution in [0.5, 0.6) is 0 Å². The average molecular weight is 324 g/mol. The number of nitrogens with two attached hydrogens (primary N) is 2. The molecule has 0 saturated heterocycles. The SMILES string of the molecule is Nc1c(C(=O)NC2CCCCC2N)sc2ccc(Cl)cc12. The molecule has 3 rings (SSSR count). The van der Waals surface area contributed by atoms with E-state index in [2.05, 4.69) is 5.32 Å². The molecule has 112 valence electrons. The van der Waals surface area contributed by atoms with Gasteiger partial charge >= 0.3 is 0 Å². The van der Waals surface area contributed by atoms with Gasteiger partial charge in [-0.3, -0.25) is 4.79 Å². The first-order chi connectivity index (χ1) is 10.1. The molecule has 1 aromatic carbocycles. The predicted octanol–water partition coefficient (Wildman–Crippen LogP) is 3.14. The number of benzene rings is 1. The normalized spacial score (nSPS) is 22.4. The largest absolute Gasteiger partial charge is 0.397 e. The van der Waals surface area contributed by atoms with Gasteiger partial charge in [-0.15, -0.1) is 11.3 Å². The summed E-state index contributed by atoms with van der Waals surface area (Å²) in [7, 11) is 0. The van der Waals surface area contributed by atoms with Crippen molar-refractivity contribution < 1.29 is 4.79 Å². The zero-order valence-electron chi connectivity index (χ0n) is 11.6. The highest BCUT2D eigenvalue weighted by atomic mass is 35.5. The fourth-order valence-electron chi connectivity index (χ4n) is 2.83. The van der Waals surface area contributed by atoms with Crippen LogP contribution in [0.4, 0.5) is 5.69 Å². The van der Waals surface area contributed by atoms with E-state index in [-0.39, 0.29) is 18.0 Å². The van der Waals surface area contributed by atoms with Crippen molar-refractivity contribution >= 4 is 44.6 Å². The zero-order chi connectivity index (χ0) is 15.0. The molecule has 1 amide bonds. The number of carbonyl (C=O) groups excluding carboxylic acids is 1. The highest BCUT2D eigenvalue weighted by molar-refractivity contribution is 7.21. The minimum Gasteiger partial charge on any atom is -0.397 e. The summed E-state index contributed by atoms with van der Waals surface area (Å²) in [5, 5.41) is 4.49. The number of halogens is 1. The standard InChI is InChI=1S/C15H18ClN3OS/c16-8-5-6-12-9(7-8)13(18)14(21-12)15(20)19-11-4-2-1-3-10(11)17/h5-7,10-11H,1-4,17-18H2,(H,19,20). The summed E-state index contributed by atoms with van der Waals surface area (Å²) in [6, 6.07) is 5.57. The molecule has 0 radical (unpaired) electrons. The second-order valence-corrected chi connectivity index (χ2v) is 7.00. The summed E-state index contributed by atoms with van der Waals surface area (Å²) in [5.41, 5.74) is 12.7. The quantitative estimate of drug-likeness (QED) is 0.794. The summed E-state index contributed by atoms with van der Waals surface area (Å²) < 4.78 is 0.968. The molecule has 4 nitrogen and oxygen atoms in total. The van der Waals surface area contributed by atoms with Crippen molar-refractivity contribution in [2.24, 2.45) is 5.73 Å². The lowest BCUT2D eigenvalue weighted by Gasteiger charge is -2.29. The van der Waals surface area contributed by atoms with Crippen LogP contribution in [-0.4, -0.2) is 18.0 Å². The first-order valence-electron chi connectivity index (χ1n) is 7.10. The van der Waals surface area contributed by atoms with Gasteiger partial charge in [0.1, 0.15) is 4.88 Å². The lowest BCUT2D eigenvalue weighted by molar-refractivity contribution is 0.0926. The van der Waals surface area contributed by atoms with E-state index in [4.69, 9.17) is 23.1 Å². The molecule has 2 unspecified atom stereocenters. The average Bonchev–Trinajstić information content (AvgIpc) is 2.79. The van der Waals surface area contributed by atoms with E-state index in [1.807, 2.05) is 6.07 Å². The summed E-state index contributed by atoms with van der Waals surface area (Å²) in [6.07, 6.45) is 4.14. The Morgan fingerprint density at radius 2 is 2.10 bits per heavy atom. The van der Waals surface area contributed by atoms with Gasteiger partial charge in [-0.1, -0.05) is 24.4 Å². The monoisotopic (exact) mass is 323 g/mol. The Labute approximate surface area is 132 Å². The molecule has 0 bridgehead atoms. The Morgan fingerprint density at radius 1 is 1.33 bits per heavy atom. The number of thiophene rings is 1. The van der Waals surface area contributed by atoms with Gasteiger partial charge in [-0.2, -0.15) is 0 Å². The van der Waals surface area contributed by atoms with E-state index >= 15 is 0 Å². The Bertz CT molecular complexity index is 685. The lowest BCUT2D eigenvalue weighted by atomic mass is 9.91.